The zero-order valence-corrected chi connectivity index (χ0v) is 20.6. The van der Waals surface area contributed by atoms with Gasteiger partial charge in [-0.1, -0.05) is 45.4 Å². The minimum atomic E-state index is -0.310. The molecule has 4 nitrogen and oxygen atoms in total. The summed E-state index contributed by atoms with van der Waals surface area (Å²) in [5, 5.41) is 4.44. The van der Waals surface area contributed by atoms with Crippen LogP contribution in [0.5, 0.6) is 0 Å². The van der Waals surface area contributed by atoms with E-state index in [9.17, 15) is 4.79 Å². The summed E-state index contributed by atoms with van der Waals surface area (Å²) in [7, 11) is 0. The summed E-state index contributed by atoms with van der Waals surface area (Å²) in [6, 6.07) is -0.310. The van der Waals surface area contributed by atoms with Crippen LogP contribution in [0.2, 0.25) is 0 Å². The molecule has 2 unspecified atom stereocenters. The molecule has 1 fully saturated rings. The summed E-state index contributed by atoms with van der Waals surface area (Å²) in [5.74, 6) is 0.820. The Kier molecular flexibility index (Phi) is 9.65. The fraction of sp³-hybridized carbons (Fsp3) is 0.789. The van der Waals surface area contributed by atoms with Crippen LogP contribution in [-0.2, 0) is 4.79 Å². The number of carbonyl (C=O) groups is 1. The van der Waals surface area contributed by atoms with Crippen LogP contribution in [-0.4, -0.2) is 33.7 Å². The van der Waals surface area contributed by atoms with Gasteiger partial charge in [-0.25, -0.2) is 4.68 Å². The molecule has 0 bridgehead atoms. The molecule has 2 atom stereocenters. The lowest BCUT2D eigenvalue weighted by molar-refractivity contribution is -0.135. The Morgan fingerprint density at radius 3 is 2.58 bits per heavy atom. The average Bonchev–Trinajstić information content (AvgIpc) is 2.82. The Hall–Kier alpha value is 0.120. The van der Waals surface area contributed by atoms with Crippen molar-refractivity contribution in [2.24, 2.45) is 5.92 Å². The van der Waals surface area contributed by atoms with Gasteiger partial charge in [-0.05, 0) is 79.9 Å². The van der Waals surface area contributed by atoms with E-state index in [1.807, 2.05) is 6.92 Å². The maximum Gasteiger partial charge on any atom is 0.247 e. The van der Waals surface area contributed by atoms with Gasteiger partial charge >= 0.3 is 0 Å². The summed E-state index contributed by atoms with van der Waals surface area (Å²) >= 11 is 10.4. The normalized spacial score (nSPS) is 19.4. The van der Waals surface area contributed by atoms with E-state index in [0.717, 1.165) is 28.6 Å². The first-order valence-electron chi connectivity index (χ1n) is 9.83. The average molecular weight is 556 g/mol. The molecule has 148 valence electrons. The molecule has 1 aromatic heterocycles. The van der Waals surface area contributed by atoms with Crippen LogP contribution in [0.15, 0.2) is 13.7 Å². The van der Waals surface area contributed by atoms with Crippen LogP contribution in [0.4, 0.5) is 0 Å². The van der Waals surface area contributed by atoms with Crippen LogP contribution in [0.1, 0.15) is 77.7 Å². The molecule has 1 aromatic rings. The number of likely N-dealkylation sites (tertiary alicyclic amines) is 1. The lowest BCUT2D eigenvalue weighted by Gasteiger charge is -2.27. The molecule has 7 heteroatoms. The maximum atomic E-state index is 13.1. The third kappa shape index (κ3) is 6.06. The van der Waals surface area contributed by atoms with E-state index in [4.69, 9.17) is 0 Å². The predicted molar refractivity (Wildman–Crippen MR) is 117 cm³/mol. The van der Waals surface area contributed by atoms with Crippen LogP contribution in [0.25, 0.3) is 0 Å². The van der Waals surface area contributed by atoms with Crippen molar-refractivity contribution in [2.75, 3.05) is 13.1 Å². The fourth-order valence-electron chi connectivity index (χ4n) is 3.70. The highest BCUT2D eigenvalue weighted by Gasteiger charge is 2.28. The minimum absolute atomic E-state index is 0.172. The molecule has 0 saturated carbocycles. The Morgan fingerprint density at radius 1 is 1.19 bits per heavy atom. The molecule has 0 aromatic carbocycles. The summed E-state index contributed by atoms with van der Waals surface area (Å²) in [6.45, 7) is 5.96. The molecule has 1 aliphatic rings. The highest BCUT2D eigenvalue weighted by atomic mass is 79.9. The maximum absolute atomic E-state index is 13.1. The second-order valence-corrected chi connectivity index (χ2v) is 9.66. The number of halogens is 3. The number of carbonyl (C=O) groups excluding carboxylic acids is 1. The van der Waals surface area contributed by atoms with Gasteiger partial charge in [0, 0.05) is 13.1 Å². The van der Waals surface area contributed by atoms with Gasteiger partial charge in [-0.3, -0.25) is 4.79 Å². The molecule has 2 rings (SSSR count). The van der Waals surface area contributed by atoms with Crippen molar-refractivity contribution in [3.8, 4) is 0 Å². The summed E-state index contributed by atoms with van der Waals surface area (Å²) in [4.78, 5) is 15.2. The van der Waals surface area contributed by atoms with Crippen molar-refractivity contribution in [2.45, 2.75) is 77.7 Å². The van der Waals surface area contributed by atoms with Crippen molar-refractivity contribution in [3.05, 3.63) is 13.7 Å². The Bertz CT molecular complexity index is 591. The SMILES string of the molecule is CCCCCCCC1CCCCN(C(=O)C(C)n2nc(Br)c(Br)c2Br)C1. The van der Waals surface area contributed by atoms with Crippen LogP contribution in [0.3, 0.4) is 0 Å². The molecule has 1 aliphatic heterocycles. The van der Waals surface area contributed by atoms with E-state index >= 15 is 0 Å². The van der Waals surface area contributed by atoms with Gasteiger partial charge in [0.1, 0.15) is 15.2 Å². The van der Waals surface area contributed by atoms with Crippen molar-refractivity contribution < 1.29 is 4.79 Å². The lowest BCUT2D eigenvalue weighted by atomic mass is 9.96. The summed E-state index contributed by atoms with van der Waals surface area (Å²) in [5.41, 5.74) is 0. The smallest absolute Gasteiger partial charge is 0.247 e. The molecule has 26 heavy (non-hydrogen) atoms. The van der Waals surface area contributed by atoms with Crippen molar-refractivity contribution in [1.82, 2.24) is 14.7 Å². The number of rotatable bonds is 8. The van der Waals surface area contributed by atoms with Gasteiger partial charge in [0.2, 0.25) is 5.91 Å². The largest absolute Gasteiger partial charge is 0.341 e. The van der Waals surface area contributed by atoms with E-state index in [1.54, 1.807) is 4.68 Å². The van der Waals surface area contributed by atoms with E-state index < -0.39 is 0 Å². The molecule has 1 saturated heterocycles. The molecular weight excluding hydrogens is 526 g/mol. The summed E-state index contributed by atoms with van der Waals surface area (Å²) < 4.78 is 4.11. The van der Waals surface area contributed by atoms with Crippen LogP contribution < -0.4 is 0 Å². The zero-order chi connectivity index (χ0) is 19.1. The number of hydrogen-bond donors (Lipinski definition) is 0. The lowest BCUT2D eigenvalue weighted by Crippen LogP contribution is -2.39. The van der Waals surface area contributed by atoms with Gasteiger partial charge < -0.3 is 4.90 Å². The second-order valence-electron chi connectivity index (χ2n) is 7.37. The summed E-state index contributed by atoms with van der Waals surface area (Å²) in [6.07, 6.45) is 11.5. The third-order valence-electron chi connectivity index (χ3n) is 5.28. The molecule has 0 radical (unpaired) electrons. The standard InChI is InChI=1S/C19H30Br3N3O/c1-3-4-5-6-7-10-15-11-8-9-12-24(13-15)19(26)14(2)25-18(22)16(20)17(21)23-25/h14-15H,3-13H2,1-2H3. The van der Waals surface area contributed by atoms with Gasteiger partial charge in [0.15, 0.2) is 0 Å². The first-order valence-corrected chi connectivity index (χ1v) is 12.2. The third-order valence-corrected chi connectivity index (χ3v) is 8.41. The van der Waals surface area contributed by atoms with E-state index in [2.05, 4.69) is 64.7 Å². The Morgan fingerprint density at radius 2 is 1.92 bits per heavy atom. The zero-order valence-electron chi connectivity index (χ0n) is 15.8. The first kappa shape index (κ1) is 22.4. The number of unbranched alkanes of at least 4 members (excludes halogenated alkanes) is 4. The van der Waals surface area contributed by atoms with Crippen LogP contribution >= 0.6 is 47.8 Å². The van der Waals surface area contributed by atoms with E-state index in [-0.39, 0.29) is 11.9 Å². The molecule has 1 amide bonds. The number of amides is 1. The van der Waals surface area contributed by atoms with Crippen LogP contribution in [0, 0.1) is 5.92 Å². The highest BCUT2D eigenvalue weighted by Crippen LogP contribution is 2.33. The Balaban J connectivity index is 1.94. The van der Waals surface area contributed by atoms with Crippen molar-refractivity contribution in [1.29, 1.82) is 0 Å². The topological polar surface area (TPSA) is 38.1 Å². The molecule has 0 N–H and O–H groups in total. The molecular formula is C19H30Br3N3O. The molecule has 0 aliphatic carbocycles. The predicted octanol–water partition coefficient (Wildman–Crippen LogP) is 6.72. The Labute approximate surface area is 182 Å². The van der Waals surface area contributed by atoms with Gasteiger partial charge in [-0.15, -0.1) is 0 Å². The van der Waals surface area contributed by atoms with Gasteiger partial charge in [0.05, 0.1) is 4.47 Å². The highest BCUT2D eigenvalue weighted by molar-refractivity contribution is 9.14. The fourth-order valence-corrected chi connectivity index (χ4v) is 5.16. The van der Waals surface area contributed by atoms with E-state index in [1.165, 1.54) is 51.4 Å². The molecule has 2 heterocycles. The number of hydrogen-bond acceptors (Lipinski definition) is 2. The monoisotopic (exact) mass is 553 g/mol. The quantitative estimate of drug-likeness (QED) is 0.334. The molecule has 0 spiro atoms. The van der Waals surface area contributed by atoms with Gasteiger partial charge in [-0.2, -0.15) is 5.10 Å². The van der Waals surface area contributed by atoms with Crippen molar-refractivity contribution in [3.63, 3.8) is 0 Å². The second kappa shape index (κ2) is 11.2. The van der Waals surface area contributed by atoms with Crippen molar-refractivity contribution >= 4 is 53.7 Å². The van der Waals surface area contributed by atoms with E-state index in [0.29, 0.717) is 10.5 Å². The number of nitrogens with zero attached hydrogens (tertiary/aromatic N) is 3. The van der Waals surface area contributed by atoms with Gasteiger partial charge in [0.25, 0.3) is 0 Å². The number of aromatic nitrogens is 2. The minimum Gasteiger partial charge on any atom is -0.341 e. The first-order chi connectivity index (χ1) is 12.5.